The summed E-state index contributed by atoms with van der Waals surface area (Å²) in [7, 11) is 0. The van der Waals surface area contributed by atoms with Gasteiger partial charge in [0.05, 0.1) is 6.10 Å². The molecule has 1 nitrogen and oxygen atoms in total. The van der Waals surface area contributed by atoms with Crippen molar-refractivity contribution in [3.8, 4) is 0 Å². The van der Waals surface area contributed by atoms with E-state index >= 15 is 0 Å². The average Bonchev–Trinajstić information content (AvgIpc) is 2.32. The van der Waals surface area contributed by atoms with Gasteiger partial charge in [-0.05, 0) is 29.8 Å². The standard InChI is InChI=1S/C14H10BrCl2FO/c15-9-2-4-11(13(18)6-9)14(19)5-8-1-3-10(16)7-12(8)17/h1-4,6-7,14,19H,5H2. The van der Waals surface area contributed by atoms with Crippen molar-refractivity contribution in [3.05, 3.63) is 67.9 Å². The van der Waals surface area contributed by atoms with Crippen LogP contribution in [0.1, 0.15) is 17.2 Å². The third-order valence-electron chi connectivity index (χ3n) is 2.75. The van der Waals surface area contributed by atoms with Crippen LogP contribution >= 0.6 is 39.1 Å². The molecular formula is C14H10BrCl2FO. The first-order chi connectivity index (χ1) is 8.97. The van der Waals surface area contributed by atoms with Gasteiger partial charge in [-0.3, -0.25) is 0 Å². The fourth-order valence-corrected chi connectivity index (χ4v) is 2.60. The molecule has 1 N–H and O–H groups in total. The van der Waals surface area contributed by atoms with Gasteiger partial charge in [0, 0.05) is 26.5 Å². The van der Waals surface area contributed by atoms with Gasteiger partial charge >= 0.3 is 0 Å². The van der Waals surface area contributed by atoms with Crippen LogP contribution in [0.2, 0.25) is 10.0 Å². The molecule has 0 saturated carbocycles. The van der Waals surface area contributed by atoms with E-state index in [0.29, 0.717) is 14.5 Å². The van der Waals surface area contributed by atoms with Crippen molar-refractivity contribution in [2.45, 2.75) is 12.5 Å². The molecule has 2 aromatic rings. The van der Waals surface area contributed by atoms with Crippen LogP contribution < -0.4 is 0 Å². The molecule has 0 aliphatic rings. The van der Waals surface area contributed by atoms with Crippen LogP contribution in [0.15, 0.2) is 40.9 Å². The second-order valence-corrected chi connectivity index (χ2v) is 5.88. The van der Waals surface area contributed by atoms with Gasteiger partial charge in [0.15, 0.2) is 0 Å². The SMILES string of the molecule is OC(Cc1ccc(Cl)cc1Cl)c1ccc(Br)cc1F. The van der Waals surface area contributed by atoms with Crippen molar-refractivity contribution in [3.63, 3.8) is 0 Å². The number of aliphatic hydroxyl groups excluding tert-OH is 1. The van der Waals surface area contributed by atoms with Crippen molar-refractivity contribution < 1.29 is 9.50 Å². The quantitative estimate of drug-likeness (QED) is 0.797. The van der Waals surface area contributed by atoms with E-state index in [1.165, 1.54) is 6.07 Å². The van der Waals surface area contributed by atoms with Crippen molar-refractivity contribution in [2.75, 3.05) is 0 Å². The van der Waals surface area contributed by atoms with Crippen LogP contribution in [0.4, 0.5) is 4.39 Å². The molecule has 0 heterocycles. The van der Waals surface area contributed by atoms with Crippen LogP contribution in [-0.4, -0.2) is 5.11 Å². The Morgan fingerprint density at radius 2 is 1.89 bits per heavy atom. The van der Waals surface area contributed by atoms with E-state index in [2.05, 4.69) is 15.9 Å². The highest BCUT2D eigenvalue weighted by Crippen LogP contribution is 2.28. The molecular weight excluding hydrogens is 354 g/mol. The molecule has 1 unspecified atom stereocenters. The molecule has 0 fully saturated rings. The van der Waals surface area contributed by atoms with Crippen molar-refractivity contribution in [2.24, 2.45) is 0 Å². The summed E-state index contributed by atoms with van der Waals surface area (Å²) in [5.74, 6) is -0.452. The molecule has 0 amide bonds. The van der Waals surface area contributed by atoms with Crippen LogP contribution in [-0.2, 0) is 6.42 Å². The largest absolute Gasteiger partial charge is 0.388 e. The van der Waals surface area contributed by atoms with Gasteiger partial charge in [0.1, 0.15) is 5.82 Å². The summed E-state index contributed by atoms with van der Waals surface area (Å²) in [4.78, 5) is 0. The number of hydrogen-bond acceptors (Lipinski definition) is 1. The molecule has 19 heavy (non-hydrogen) atoms. The van der Waals surface area contributed by atoms with E-state index in [4.69, 9.17) is 23.2 Å². The second-order valence-electron chi connectivity index (χ2n) is 4.12. The Hall–Kier alpha value is -0.610. The Morgan fingerprint density at radius 3 is 2.53 bits per heavy atom. The second kappa shape index (κ2) is 6.23. The van der Waals surface area contributed by atoms with E-state index in [1.807, 2.05) is 0 Å². The zero-order valence-corrected chi connectivity index (χ0v) is 12.8. The number of aliphatic hydroxyl groups is 1. The molecule has 100 valence electrons. The smallest absolute Gasteiger partial charge is 0.130 e. The third kappa shape index (κ3) is 3.69. The Bertz CT molecular complexity index is 604. The Morgan fingerprint density at radius 1 is 1.16 bits per heavy atom. The molecule has 2 aromatic carbocycles. The summed E-state index contributed by atoms with van der Waals surface area (Å²) >= 11 is 15.0. The normalized spacial score (nSPS) is 12.5. The first kappa shape index (κ1) is 14.8. The van der Waals surface area contributed by atoms with Gasteiger partial charge < -0.3 is 5.11 Å². The maximum atomic E-state index is 13.7. The third-order valence-corrected chi connectivity index (χ3v) is 3.83. The Labute approximate surface area is 129 Å². The number of hydrogen-bond donors (Lipinski definition) is 1. The van der Waals surface area contributed by atoms with Gasteiger partial charge in [-0.2, -0.15) is 0 Å². The van der Waals surface area contributed by atoms with Gasteiger partial charge in [-0.15, -0.1) is 0 Å². The summed E-state index contributed by atoms with van der Waals surface area (Å²) in [5, 5.41) is 11.1. The maximum absolute atomic E-state index is 13.7. The lowest BCUT2D eigenvalue weighted by Crippen LogP contribution is -2.04. The molecule has 0 aliphatic heterocycles. The van der Waals surface area contributed by atoms with E-state index in [0.717, 1.165) is 5.56 Å². The number of rotatable bonds is 3. The van der Waals surface area contributed by atoms with Crippen LogP contribution in [0, 0.1) is 5.82 Å². The summed E-state index contributed by atoms with van der Waals surface area (Å²) in [6.07, 6.45) is -0.721. The van der Waals surface area contributed by atoms with Crippen LogP contribution in [0.5, 0.6) is 0 Å². The first-order valence-corrected chi connectivity index (χ1v) is 7.09. The van der Waals surface area contributed by atoms with E-state index in [1.54, 1.807) is 30.3 Å². The van der Waals surface area contributed by atoms with Crippen molar-refractivity contribution in [1.29, 1.82) is 0 Å². The van der Waals surface area contributed by atoms with Crippen molar-refractivity contribution >= 4 is 39.1 Å². The predicted octanol–water partition coefficient (Wildman–Crippen LogP) is 5.17. The van der Waals surface area contributed by atoms with Crippen molar-refractivity contribution in [1.82, 2.24) is 0 Å². The highest BCUT2D eigenvalue weighted by molar-refractivity contribution is 9.10. The highest BCUT2D eigenvalue weighted by Gasteiger charge is 2.15. The minimum atomic E-state index is -0.952. The lowest BCUT2D eigenvalue weighted by atomic mass is 10.0. The van der Waals surface area contributed by atoms with Crippen LogP contribution in [0.3, 0.4) is 0 Å². The summed E-state index contributed by atoms with van der Waals surface area (Å²) in [6, 6.07) is 9.57. The van der Waals surface area contributed by atoms with Gasteiger partial charge in [-0.1, -0.05) is 51.3 Å². The monoisotopic (exact) mass is 362 g/mol. The molecule has 0 saturated heterocycles. The fourth-order valence-electron chi connectivity index (χ4n) is 1.78. The summed E-state index contributed by atoms with van der Waals surface area (Å²) in [6.45, 7) is 0. The van der Waals surface area contributed by atoms with Gasteiger partial charge in [-0.25, -0.2) is 4.39 Å². The minimum Gasteiger partial charge on any atom is -0.388 e. The van der Waals surface area contributed by atoms with Crippen LogP contribution in [0.25, 0.3) is 0 Å². The minimum absolute atomic E-state index is 0.231. The predicted molar refractivity (Wildman–Crippen MR) is 79.2 cm³/mol. The summed E-state index contributed by atoms with van der Waals surface area (Å²) < 4.78 is 14.4. The zero-order valence-electron chi connectivity index (χ0n) is 9.71. The lowest BCUT2D eigenvalue weighted by Gasteiger charge is -2.13. The molecule has 0 aromatic heterocycles. The Kier molecular flexibility index (Phi) is 4.85. The highest BCUT2D eigenvalue weighted by atomic mass is 79.9. The topological polar surface area (TPSA) is 20.2 Å². The first-order valence-electron chi connectivity index (χ1n) is 5.54. The lowest BCUT2D eigenvalue weighted by molar-refractivity contribution is 0.173. The molecule has 0 radical (unpaired) electrons. The van der Waals surface area contributed by atoms with E-state index in [9.17, 15) is 9.50 Å². The average molecular weight is 364 g/mol. The molecule has 0 bridgehead atoms. The maximum Gasteiger partial charge on any atom is 0.130 e. The van der Waals surface area contributed by atoms with Gasteiger partial charge in [0.25, 0.3) is 0 Å². The van der Waals surface area contributed by atoms with Gasteiger partial charge in [0.2, 0.25) is 0 Å². The molecule has 0 spiro atoms. The van der Waals surface area contributed by atoms with E-state index < -0.39 is 11.9 Å². The summed E-state index contributed by atoms with van der Waals surface area (Å²) in [5.41, 5.74) is 0.968. The molecule has 5 heteroatoms. The number of halogens is 4. The molecule has 1 atom stereocenters. The molecule has 2 rings (SSSR count). The number of benzene rings is 2. The molecule has 0 aliphatic carbocycles. The fraction of sp³-hybridized carbons (Fsp3) is 0.143. The Balaban J connectivity index is 2.23. The van der Waals surface area contributed by atoms with E-state index in [-0.39, 0.29) is 12.0 Å². The zero-order chi connectivity index (χ0) is 14.0.